The van der Waals surface area contributed by atoms with Crippen LogP contribution in [0, 0.1) is 0 Å². The highest BCUT2D eigenvalue weighted by Gasteiger charge is 1.90. The third kappa shape index (κ3) is 4.31. The van der Waals surface area contributed by atoms with Gasteiger partial charge in [-0.3, -0.25) is 0 Å². The van der Waals surface area contributed by atoms with Crippen LogP contribution in [-0.2, 0) is 0 Å². The van der Waals surface area contributed by atoms with E-state index in [0.717, 1.165) is 21.9 Å². The van der Waals surface area contributed by atoms with Crippen molar-refractivity contribution in [1.82, 2.24) is 0 Å². The van der Waals surface area contributed by atoms with E-state index in [4.69, 9.17) is 16.3 Å². The standard InChI is InChI=1S/C17H15ClO/c1-19-17-8-4-7-15(13-17)6-3-2-5-14-9-11-16(18)12-10-14/h2-13H,1H3/b5-2+,6-3+. The van der Waals surface area contributed by atoms with Gasteiger partial charge in [0.1, 0.15) is 5.75 Å². The van der Waals surface area contributed by atoms with Gasteiger partial charge in [0.25, 0.3) is 0 Å². The maximum Gasteiger partial charge on any atom is 0.119 e. The Morgan fingerprint density at radius 3 is 2.26 bits per heavy atom. The second-order valence-electron chi connectivity index (χ2n) is 4.05. The molecular formula is C17H15ClO. The van der Waals surface area contributed by atoms with E-state index < -0.39 is 0 Å². The number of methoxy groups -OCH3 is 1. The van der Waals surface area contributed by atoms with Crippen molar-refractivity contribution in [2.45, 2.75) is 0 Å². The summed E-state index contributed by atoms with van der Waals surface area (Å²) >= 11 is 5.83. The summed E-state index contributed by atoms with van der Waals surface area (Å²) in [5.74, 6) is 0.865. The average Bonchev–Trinajstić information content (AvgIpc) is 2.46. The summed E-state index contributed by atoms with van der Waals surface area (Å²) in [5, 5.41) is 0.754. The Balaban J connectivity index is 2.00. The Hall–Kier alpha value is -1.99. The summed E-state index contributed by atoms with van der Waals surface area (Å²) in [4.78, 5) is 0. The van der Waals surface area contributed by atoms with E-state index in [1.807, 2.05) is 72.8 Å². The van der Waals surface area contributed by atoms with E-state index in [0.29, 0.717) is 0 Å². The lowest BCUT2D eigenvalue weighted by molar-refractivity contribution is 0.414. The lowest BCUT2D eigenvalue weighted by atomic mass is 10.2. The highest BCUT2D eigenvalue weighted by Crippen LogP contribution is 2.14. The van der Waals surface area contributed by atoms with Gasteiger partial charge < -0.3 is 4.74 Å². The number of halogens is 1. The smallest absolute Gasteiger partial charge is 0.119 e. The number of benzene rings is 2. The Bertz CT molecular complexity index is 582. The molecule has 0 unspecified atom stereocenters. The lowest BCUT2D eigenvalue weighted by Crippen LogP contribution is -1.81. The van der Waals surface area contributed by atoms with Crippen LogP contribution in [0.2, 0.25) is 5.02 Å². The lowest BCUT2D eigenvalue weighted by Gasteiger charge is -1.99. The fraction of sp³-hybridized carbons (Fsp3) is 0.0588. The summed E-state index contributed by atoms with van der Waals surface area (Å²) in [5.41, 5.74) is 2.24. The zero-order chi connectivity index (χ0) is 13.5. The maximum atomic E-state index is 5.83. The number of hydrogen-bond acceptors (Lipinski definition) is 1. The minimum absolute atomic E-state index is 0.754. The molecule has 0 bridgehead atoms. The van der Waals surface area contributed by atoms with Gasteiger partial charge in [0.05, 0.1) is 7.11 Å². The quantitative estimate of drug-likeness (QED) is 0.705. The molecule has 0 aliphatic heterocycles. The summed E-state index contributed by atoms with van der Waals surface area (Å²) in [6.07, 6.45) is 8.08. The minimum atomic E-state index is 0.754. The fourth-order valence-corrected chi connectivity index (χ4v) is 1.78. The molecule has 0 heterocycles. The van der Waals surface area contributed by atoms with Crippen LogP contribution in [0.3, 0.4) is 0 Å². The second kappa shape index (κ2) is 6.81. The first-order valence-electron chi connectivity index (χ1n) is 6.02. The van der Waals surface area contributed by atoms with Crippen LogP contribution in [0.4, 0.5) is 0 Å². The van der Waals surface area contributed by atoms with E-state index in [-0.39, 0.29) is 0 Å². The topological polar surface area (TPSA) is 9.23 Å². The van der Waals surface area contributed by atoms with Gasteiger partial charge in [-0.25, -0.2) is 0 Å². The number of rotatable bonds is 4. The Morgan fingerprint density at radius 1 is 0.895 bits per heavy atom. The van der Waals surface area contributed by atoms with Crippen LogP contribution in [0.15, 0.2) is 60.7 Å². The van der Waals surface area contributed by atoms with E-state index in [1.54, 1.807) is 7.11 Å². The molecule has 2 rings (SSSR count). The minimum Gasteiger partial charge on any atom is -0.497 e. The van der Waals surface area contributed by atoms with Gasteiger partial charge >= 0.3 is 0 Å². The van der Waals surface area contributed by atoms with Crippen molar-refractivity contribution in [3.63, 3.8) is 0 Å². The molecule has 0 N–H and O–H groups in total. The molecule has 0 atom stereocenters. The van der Waals surface area contributed by atoms with Gasteiger partial charge in [0, 0.05) is 5.02 Å². The summed E-state index contributed by atoms with van der Waals surface area (Å²) in [6, 6.07) is 15.7. The van der Waals surface area contributed by atoms with Crippen molar-refractivity contribution >= 4 is 23.8 Å². The maximum absolute atomic E-state index is 5.83. The first kappa shape index (κ1) is 13.4. The van der Waals surface area contributed by atoms with Crippen molar-refractivity contribution in [1.29, 1.82) is 0 Å². The van der Waals surface area contributed by atoms with Gasteiger partial charge in [0.2, 0.25) is 0 Å². The molecule has 0 amide bonds. The third-order valence-corrected chi connectivity index (χ3v) is 2.90. The summed E-state index contributed by atoms with van der Waals surface area (Å²) in [7, 11) is 1.67. The second-order valence-corrected chi connectivity index (χ2v) is 4.48. The molecule has 0 aliphatic rings. The van der Waals surface area contributed by atoms with E-state index in [1.165, 1.54) is 0 Å². The predicted octanol–water partition coefficient (Wildman–Crippen LogP) is 5.08. The van der Waals surface area contributed by atoms with Gasteiger partial charge in [-0.15, -0.1) is 0 Å². The van der Waals surface area contributed by atoms with E-state index in [9.17, 15) is 0 Å². The van der Waals surface area contributed by atoms with E-state index >= 15 is 0 Å². The molecule has 2 aromatic carbocycles. The molecule has 0 aliphatic carbocycles. The van der Waals surface area contributed by atoms with Crippen LogP contribution in [0.1, 0.15) is 11.1 Å². The predicted molar refractivity (Wildman–Crippen MR) is 82.5 cm³/mol. The molecule has 96 valence electrons. The largest absolute Gasteiger partial charge is 0.497 e. The van der Waals surface area contributed by atoms with Gasteiger partial charge in [0.15, 0.2) is 0 Å². The van der Waals surface area contributed by atoms with Crippen molar-refractivity contribution in [2.75, 3.05) is 7.11 Å². The highest BCUT2D eigenvalue weighted by atomic mass is 35.5. The fourth-order valence-electron chi connectivity index (χ4n) is 1.65. The molecule has 19 heavy (non-hydrogen) atoms. The SMILES string of the molecule is COc1cccc(/C=C/C=C/c2ccc(Cl)cc2)c1. The molecule has 0 saturated heterocycles. The van der Waals surface area contributed by atoms with Crippen molar-refractivity contribution in [3.8, 4) is 5.75 Å². The normalized spacial score (nSPS) is 11.3. The molecular weight excluding hydrogens is 256 g/mol. The zero-order valence-electron chi connectivity index (χ0n) is 10.7. The molecule has 0 fully saturated rings. The van der Waals surface area contributed by atoms with Gasteiger partial charge in [-0.1, -0.05) is 60.2 Å². The van der Waals surface area contributed by atoms with Crippen molar-refractivity contribution in [3.05, 3.63) is 76.8 Å². The average molecular weight is 271 g/mol. The zero-order valence-corrected chi connectivity index (χ0v) is 11.5. The van der Waals surface area contributed by atoms with Gasteiger partial charge in [-0.05, 0) is 35.4 Å². The molecule has 2 heteroatoms. The molecule has 0 saturated carbocycles. The molecule has 0 radical (unpaired) electrons. The Kier molecular flexibility index (Phi) is 4.82. The monoisotopic (exact) mass is 270 g/mol. The third-order valence-electron chi connectivity index (χ3n) is 2.65. The van der Waals surface area contributed by atoms with Crippen molar-refractivity contribution < 1.29 is 4.74 Å². The van der Waals surface area contributed by atoms with Gasteiger partial charge in [-0.2, -0.15) is 0 Å². The number of ether oxygens (including phenoxy) is 1. The van der Waals surface area contributed by atoms with E-state index in [2.05, 4.69) is 0 Å². The Morgan fingerprint density at radius 2 is 1.58 bits per heavy atom. The number of hydrogen-bond donors (Lipinski definition) is 0. The first-order valence-corrected chi connectivity index (χ1v) is 6.40. The van der Waals surface area contributed by atoms with Crippen LogP contribution in [0.25, 0.3) is 12.2 Å². The summed E-state index contributed by atoms with van der Waals surface area (Å²) in [6.45, 7) is 0. The van der Waals surface area contributed by atoms with Crippen LogP contribution in [-0.4, -0.2) is 7.11 Å². The van der Waals surface area contributed by atoms with Crippen molar-refractivity contribution in [2.24, 2.45) is 0 Å². The molecule has 0 aromatic heterocycles. The summed E-state index contributed by atoms with van der Waals surface area (Å²) < 4.78 is 5.18. The van der Waals surface area contributed by atoms with Crippen LogP contribution < -0.4 is 4.74 Å². The molecule has 1 nitrogen and oxygen atoms in total. The molecule has 2 aromatic rings. The number of allylic oxidation sites excluding steroid dienone is 2. The first-order chi connectivity index (χ1) is 9.28. The Labute approximate surface area is 118 Å². The molecule has 0 spiro atoms. The highest BCUT2D eigenvalue weighted by molar-refractivity contribution is 6.30. The van der Waals surface area contributed by atoms with Crippen LogP contribution >= 0.6 is 11.6 Å². The van der Waals surface area contributed by atoms with Crippen LogP contribution in [0.5, 0.6) is 5.75 Å².